The van der Waals surface area contributed by atoms with Gasteiger partial charge in [0, 0.05) is 17.6 Å². The lowest BCUT2D eigenvalue weighted by Gasteiger charge is -2.32. The van der Waals surface area contributed by atoms with E-state index in [1.165, 1.54) is 18.2 Å². The number of nitro groups is 1. The van der Waals surface area contributed by atoms with Crippen LogP contribution in [-0.4, -0.2) is 41.8 Å². The van der Waals surface area contributed by atoms with Crippen molar-refractivity contribution >= 4 is 28.9 Å². The Balaban J connectivity index is 2.30. The van der Waals surface area contributed by atoms with Gasteiger partial charge in [0.2, 0.25) is 0 Å². The van der Waals surface area contributed by atoms with Crippen molar-refractivity contribution in [2.75, 3.05) is 24.6 Å². The number of anilines is 1. The number of nitro benzene ring substituents is 1. The summed E-state index contributed by atoms with van der Waals surface area (Å²) in [5.41, 5.74) is 0.211. The molecule has 1 aliphatic heterocycles. The highest BCUT2D eigenvalue weighted by Gasteiger charge is 2.29. The van der Waals surface area contributed by atoms with Crippen molar-refractivity contribution in [2.45, 2.75) is 6.10 Å². The highest BCUT2D eigenvalue weighted by Crippen LogP contribution is 2.32. The second kappa shape index (κ2) is 5.41. The maximum atomic E-state index is 11.0. The van der Waals surface area contributed by atoms with E-state index in [2.05, 4.69) is 0 Å². The number of nitrogens with zero attached hydrogens (tertiary/aromatic N) is 2. The number of halogens is 1. The summed E-state index contributed by atoms with van der Waals surface area (Å²) >= 11 is 5.74. The Labute approximate surface area is 113 Å². The largest absolute Gasteiger partial charge is 0.479 e. The van der Waals surface area contributed by atoms with E-state index in [-0.39, 0.29) is 23.9 Å². The van der Waals surface area contributed by atoms with Gasteiger partial charge in [-0.15, -0.1) is 0 Å². The highest BCUT2D eigenvalue weighted by molar-refractivity contribution is 6.30. The zero-order valence-electron chi connectivity index (χ0n) is 9.78. The number of ether oxygens (including phenoxy) is 1. The van der Waals surface area contributed by atoms with Gasteiger partial charge < -0.3 is 14.7 Å². The first-order chi connectivity index (χ1) is 8.99. The standard InChI is InChI=1S/C11H11ClN2O5/c12-7-1-2-8(9(5-7)14(17)18)13-3-4-19-10(6-13)11(15)16/h1-2,5,10H,3-4,6H2,(H,15,16). The molecule has 7 nitrogen and oxygen atoms in total. The summed E-state index contributed by atoms with van der Waals surface area (Å²) in [5.74, 6) is -1.08. The molecule has 1 aromatic rings. The van der Waals surface area contributed by atoms with E-state index in [4.69, 9.17) is 21.4 Å². The van der Waals surface area contributed by atoms with E-state index in [1.807, 2.05) is 0 Å². The van der Waals surface area contributed by atoms with Gasteiger partial charge in [-0.2, -0.15) is 0 Å². The molecular weight excluding hydrogens is 276 g/mol. The summed E-state index contributed by atoms with van der Waals surface area (Å²) in [4.78, 5) is 23.0. The molecule has 1 aliphatic rings. The Bertz CT molecular complexity index is 522. The Kier molecular flexibility index (Phi) is 3.87. The second-order valence-electron chi connectivity index (χ2n) is 4.03. The molecule has 0 radical (unpaired) electrons. The third kappa shape index (κ3) is 2.94. The van der Waals surface area contributed by atoms with Crippen LogP contribution in [0.2, 0.25) is 5.02 Å². The Morgan fingerprint density at radius 2 is 2.32 bits per heavy atom. The number of carbonyl (C=O) groups is 1. The third-order valence-electron chi connectivity index (χ3n) is 2.82. The summed E-state index contributed by atoms with van der Waals surface area (Å²) in [6, 6.07) is 4.31. The number of morpholine rings is 1. The molecule has 0 amide bonds. The van der Waals surface area contributed by atoms with Crippen LogP contribution < -0.4 is 4.90 Å². The van der Waals surface area contributed by atoms with Crippen LogP contribution in [0.5, 0.6) is 0 Å². The number of carboxylic acids is 1. The molecule has 19 heavy (non-hydrogen) atoms. The predicted molar refractivity (Wildman–Crippen MR) is 67.7 cm³/mol. The van der Waals surface area contributed by atoms with Crippen molar-refractivity contribution in [3.05, 3.63) is 33.3 Å². The van der Waals surface area contributed by atoms with Crippen LogP contribution in [0.4, 0.5) is 11.4 Å². The molecular formula is C11H11ClN2O5. The number of hydrogen-bond acceptors (Lipinski definition) is 5. The fourth-order valence-corrected chi connectivity index (χ4v) is 2.09. The Morgan fingerprint density at radius 3 is 2.95 bits per heavy atom. The molecule has 0 bridgehead atoms. The number of benzene rings is 1. The molecule has 1 saturated heterocycles. The molecule has 1 atom stereocenters. The Hall–Kier alpha value is -1.86. The summed E-state index contributed by atoms with van der Waals surface area (Å²) in [6.07, 6.45) is -0.982. The quantitative estimate of drug-likeness (QED) is 0.669. The third-order valence-corrected chi connectivity index (χ3v) is 3.05. The van der Waals surface area contributed by atoms with Crippen LogP contribution in [0.25, 0.3) is 0 Å². The molecule has 0 saturated carbocycles. The normalized spacial score (nSPS) is 19.2. The highest BCUT2D eigenvalue weighted by atomic mass is 35.5. The average Bonchev–Trinajstić information content (AvgIpc) is 2.38. The fraction of sp³-hybridized carbons (Fsp3) is 0.364. The van der Waals surface area contributed by atoms with Crippen LogP contribution in [0, 0.1) is 10.1 Å². The SMILES string of the molecule is O=C(O)C1CN(c2ccc(Cl)cc2[N+](=O)[O-])CCO1. The van der Waals surface area contributed by atoms with Crippen LogP contribution in [-0.2, 0) is 9.53 Å². The maximum absolute atomic E-state index is 11.0. The van der Waals surface area contributed by atoms with Crippen molar-refractivity contribution in [3.8, 4) is 0 Å². The summed E-state index contributed by atoms with van der Waals surface area (Å²) < 4.78 is 5.08. The van der Waals surface area contributed by atoms with Crippen molar-refractivity contribution in [1.82, 2.24) is 0 Å². The first-order valence-corrected chi connectivity index (χ1v) is 5.90. The molecule has 102 valence electrons. The lowest BCUT2D eigenvalue weighted by atomic mass is 10.2. The molecule has 1 fully saturated rings. The van der Waals surface area contributed by atoms with E-state index in [0.717, 1.165) is 0 Å². The summed E-state index contributed by atoms with van der Waals surface area (Å²) in [5, 5.41) is 20.2. The van der Waals surface area contributed by atoms with E-state index in [9.17, 15) is 14.9 Å². The van der Waals surface area contributed by atoms with Crippen molar-refractivity contribution < 1.29 is 19.6 Å². The summed E-state index contributed by atoms with van der Waals surface area (Å²) in [6.45, 7) is 0.667. The molecule has 1 aromatic carbocycles. The smallest absolute Gasteiger partial charge is 0.334 e. The van der Waals surface area contributed by atoms with E-state index in [1.54, 1.807) is 4.90 Å². The minimum Gasteiger partial charge on any atom is -0.479 e. The van der Waals surface area contributed by atoms with Crippen LogP contribution in [0.1, 0.15) is 0 Å². The van der Waals surface area contributed by atoms with Gasteiger partial charge in [-0.1, -0.05) is 11.6 Å². The maximum Gasteiger partial charge on any atom is 0.334 e. The van der Waals surface area contributed by atoms with E-state index >= 15 is 0 Å². The molecule has 0 spiro atoms. The number of hydrogen-bond donors (Lipinski definition) is 1. The van der Waals surface area contributed by atoms with Gasteiger partial charge in [0.15, 0.2) is 6.10 Å². The minimum atomic E-state index is -1.08. The topological polar surface area (TPSA) is 92.9 Å². The van der Waals surface area contributed by atoms with Gasteiger partial charge >= 0.3 is 5.97 Å². The van der Waals surface area contributed by atoms with Gasteiger partial charge in [-0.3, -0.25) is 10.1 Å². The van der Waals surface area contributed by atoms with Gasteiger partial charge in [0.25, 0.3) is 5.69 Å². The fourth-order valence-electron chi connectivity index (χ4n) is 1.93. The number of rotatable bonds is 3. The molecule has 2 rings (SSSR count). The predicted octanol–water partition coefficient (Wildman–Crippen LogP) is 1.54. The lowest BCUT2D eigenvalue weighted by Crippen LogP contribution is -2.46. The van der Waals surface area contributed by atoms with E-state index < -0.39 is 17.0 Å². The summed E-state index contributed by atoms with van der Waals surface area (Å²) in [7, 11) is 0. The number of aliphatic carboxylic acids is 1. The average molecular weight is 287 g/mol. The molecule has 8 heteroatoms. The van der Waals surface area contributed by atoms with Gasteiger partial charge in [-0.05, 0) is 12.1 Å². The molecule has 1 heterocycles. The van der Waals surface area contributed by atoms with Crippen LogP contribution in [0.15, 0.2) is 18.2 Å². The zero-order valence-corrected chi connectivity index (χ0v) is 10.5. The van der Waals surface area contributed by atoms with Crippen molar-refractivity contribution in [1.29, 1.82) is 0 Å². The molecule has 1 N–H and O–H groups in total. The molecule has 1 unspecified atom stereocenters. The first-order valence-electron chi connectivity index (χ1n) is 5.52. The van der Waals surface area contributed by atoms with E-state index in [0.29, 0.717) is 12.2 Å². The molecule has 0 aromatic heterocycles. The van der Waals surface area contributed by atoms with Crippen LogP contribution >= 0.6 is 11.6 Å². The van der Waals surface area contributed by atoms with Crippen molar-refractivity contribution in [2.24, 2.45) is 0 Å². The minimum absolute atomic E-state index is 0.0673. The van der Waals surface area contributed by atoms with Crippen molar-refractivity contribution in [3.63, 3.8) is 0 Å². The van der Waals surface area contributed by atoms with Gasteiger partial charge in [0.1, 0.15) is 5.69 Å². The van der Waals surface area contributed by atoms with Gasteiger partial charge in [-0.25, -0.2) is 4.79 Å². The van der Waals surface area contributed by atoms with Gasteiger partial charge in [0.05, 0.1) is 18.1 Å². The second-order valence-corrected chi connectivity index (χ2v) is 4.47. The molecule has 0 aliphatic carbocycles. The number of carboxylic acid groups (broad SMARTS) is 1. The lowest BCUT2D eigenvalue weighted by molar-refractivity contribution is -0.384. The Morgan fingerprint density at radius 1 is 1.58 bits per heavy atom. The zero-order chi connectivity index (χ0) is 14.0. The van der Waals surface area contributed by atoms with Crippen LogP contribution in [0.3, 0.4) is 0 Å². The first kappa shape index (κ1) is 13.6. The monoisotopic (exact) mass is 286 g/mol.